The fraction of sp³-hybridized carbons (Fsp3) is 0.250. The normalized spacial score (nSPS) is 9.93. The molecular weight excluding hydrogens is 227 g/mol. The van der Waals surface area contributed by atoms with Gasteiger partial charge in [0.2, 0.25) is 5.91 Å². The third-order valence-electron chi connectivity index (χ3n) is 1.54. The van der Waals surface area contributed by atoms with Gasteiger partial charge in [0.25, 0.3) is 5.56 Å². The van der Waals surface area contributed by atoms with Gasteiger partial charge in [-0.2, -0.15) is 0 Å². The van der Waals surface area contributed by atoms with Crippen LogP contribution in [-0.4, -0.2) is 16.4 Å². The number of halogens is 2. The largest absolute Gasteiger partial charge is 0.324 e. The number of alkyl halides is 1. The van der Waals surface area contributed by atoms with E-state index in [-0.39, 0.29) is 22.4 Å². The highest BCUT2D eigenvalue weighted by atomic mass is 35.5. The van der Waals surface area contributed by atoms with E-state index in [9.17, 15) is 9.59 Å². The van der Waals surface area contributed by atoms with E-state index in [1.165, 1.54) is 16.8 Å². The van der Waals surface area contributed by atoms with E-state index < -0.39 is 0 Å². The van der Waals surface area contributed by atoms with Crippen LogP contribution in [0.15, 0.2) is 17.1 Å². The lowest BCUT2D eigenvalue weighted by Gasteiger charge is -2.05. The van der Waals surface area contributed by atoms with Crippen LogP contribution in [0.25, 0.3) is 0 Å². The molecule has 76 valence electrons. The van der Waals surface area contributed by atoms with Gasteiger partial charge in [-0.15, -0.1) is 11.6 Å². The molecule has 0 unspecified atom stereocenters. The summed E-state index contributed by atoms with van der Waals surface area (Å²) in [5.41, 5.74) is 0.137. The standard InChI is InChI=1S/C8H8Cl2N2O2/c1-12-4-5(11-7(13)3-9)2-6(10)8(12)14/h2,4H,3H2,1H3,(H,11,13). The maximum atomic E-state index is 11.2. The Hall–Kier alpha value is -1.00. The van der Waals surface area contributed by atoms with Crippen molar-refractivity contribution in [3.63, 3.8) is 0 Å². The summed E-state index contributed by atoms with van der Waals surface area (Å²) in [5, 5.41) is 2.54. The Kier molecular flexibility index (Phi) is 3.55. The lowest BCUT2D eigenvalue weighted by molar-refractivity contribution is -0.113. The number of hydrogen-bond acceptors (Lipinski definition) is 2. The monoisotopic (exact) mass is 234 g/mol. The number of anilines is 1. The van der Waals surface area contributed by atoms with Crippen LogP contribution in [0.3, 0.4) is 0 Å². The van der Waals surface area contributed by atoms with Crippen LogP contribution in [0.5, 0.6) is 0 Å². The molecule has 0 bridgehead atoms. The molecule has 1 aromatic rings. The summed E-state index contributed by atoms with van der Waals surface area (Å²) < 4.78 is 1.28. The van der Waals surface area contributed by atoms with E-state index in [0.717, 1.165) is 0 Å². The number of hydrogen-bond donors (Lipinski definition) is 1. The minimum atomic E-state index is -0.346. The fourth-order valence-corrected chi connectivity index (χ4v) is 1.25. The van der Waals surface area contributed by atoms with Crippen molar-refractivity contribution in [1.82, 2.24) is 4.57 Å². The molecule has 1 amide bonds. The number of nitrogens with one attached hydrogen (secondary N) is 1. The van der Waals surface area contributed by atoms with Gasteiger partial charge in [0, 0.05) is 13.2 Å². The average molecular weight is 235 g/mol. The van der Waals surface area contributed by atoms with E-state index in [0.29, 0.717) is 5.69 Å². The molecule has 0 aliphatic rings. The maximum Gasteiger partial charge on any atom is 0.269 e. The Bertz CT molecular complexity index is 388. The molecule has 1 rings (SSSR count). The second kappa shape index (κ2) is 4.48. The van der Waals surface area contributed by atoms with Crippen LogP contribution in [0.2, 0.25) is 5.02 Å². The first kappa shape index (κ1) is 11.1. The molecule has 0 radical (unpaired) electrons. The maximum absolute atomic E-state index is 11.2. The van der Waals surface area contributed by atoms with Crippen LogP contribution in [0.1, 0.15) is 0 Å². The van der Waals surface area contributed by atoms with Gasteiger partial charge in [0.05, 0.1) is 5.69 Å². The number of amides is 1. The Morgan fingerprint density at radius 3 is 2.79 bits per heavy atom. The topological polar surface area (TPSA) is 51.1 Å². The van der Waals surface area contributed by atoms with Crippen LogP contribution in [-0.2, 0) is 11.8 Å². The molecule has 0 saturated carbocycles. The summed E-state index contributed by atoms with van der Waals surface area (Å²) in [4.78, 5) is 22.1. The molecule has 1 aromatic heterocycles. The van der Waals surface area contributed by atoms with Gasteiger partial charge >= 0.3 is 0 Å². The third-order valence-corrected chi connectivity index (χ3v) is 2.06. The first-order chi connectivity index (χ1) is 6.54. The Labute approximate surface area is 90.4 Å². The molecule has 1 heterocycles. The van der Waals surface area contributed by atoms with Gasteiger partial charge in [-0.3, -0.25) is 9.59 Å². The van der Waals surface area contributed by atoms with Gasteiger partial charge < -0.3 is 9.88 Å². The lowest BCUT2D eigenvalue weighted by atomic mass is 10.4. The molecular formula is C8H8Cl2N2O2. The highest BCUT2D eigenvalue weighted by Crippen LogP contribution is 2.10. The van der Waals surface area contributed by atoms with Gasteiger partial charge in [0.1, 0.15) is 10.9 Å². The van der Waals surface area contributed by atoms with E-state index >= 15 is 0 Å². The van der Waals surface area contributed by atoms with Gasteiger partial charge in [0.15, 0.2) is 0 Å². The van der Waals surface area contributed by atoms with Crippen molar-refractivity contribution in [2.75, 3.05) is 11.2 Å². The van der Waals surface area contributed by atoms with Crippen LogP contribution < -0.4 is 10.9 Å². The SMILES string of the molecule is Cn1cc(NC(=O)CCl)cc(Cl)c1=O. The molecule has 0 spiro atoms. The minimum absolute atomic E-state index is 0.0554. The van der Waals surface area contributed by atoms with Crippen molar-refractivity contribution in [2.24, 2.45) is 7.05 Å². The van der Waals surface area contributed by atoms with Crippen molar-refractivity contribution in [3.8, 4) is 0 Å². The summed E-state index contributed by atoms with van der Waals surface area (Å²) in [5.74, 6) is -0.484. The molecule has 4 nitrogen and oxygen atoms in total. The van der Waals surface area contributed by atoms with Crippen molar-refractivity contribution < 1.29 is 4.79 Å². The number of carbonyl (C=O) groups excluding carboxylic acids is 1. The van der Waals surface area contributed by atoms with E-state index in [2.05, 4.69) is 5.32 Å². The van der Waals surface area contributed by atoms with Gasteiger partial charge in [-0.05, 0) is 6.07 Å². The number of aryl methyl sites for hydroxylation is 1. The predicted molar refractivity (Wildman–Crippen MR) is 56.0 cm³/mol. The molecule has 0 fully saturated rings. The number of rotatable bonds is 2. The summed E-state index contributed by atoms with van der Waals surface area (Å²) >= 11 is 10.9. The summed E-state index contributed by atoms with van der Waals surface area (Å²) in [6, 6.07) is 1.38. The first-order valence-electron chi connectivity index (χ1n) is 3.76. The zero-order valence-corrected chi connectivity index (χ0v) is 8.89. The van der Waals surface area contributed by atoms with E-state index in [1.54, 1.807) is 7.05 Å². The summed E-state index contributed by atoms with van der Waals surface area (Å²) in [6.07, 6.45) is 1.47. The number of pyridine rings is 1. The smallest absolute Gasteiger partial charge is 0.269 e. The lowest BCUT2D eigenvalue weighted by Crippen LogP contribution is -2.19. The number of carbonyl (C=O) groups is 1. The van der Waals surface area contributed by atoms with E-state index in [4.69, 9.17) is 23.2 Å². The third kappa shape index (κ3) is 2.49. The van der Waals surface area contributed by atoms with E-state index in [1.807, 2.05) is 0 Å². The molecule has 0 aromatic carbocycles. The summed E-state index contributed by atoms with van der Waals surface area (Å²) in [6.45, 7) is 0. The number of aromatic nitrogens is 1. The first-order valence-corrected chi connectivity index (χ1v) is 4.68. The second-order valence-electron chi connectivity index (χ2n) is 2.67. The average Bonchev–Trinajstić information content (AvgIpc) is 2.14. The zero-order chi connectivity index (χ0) is 10.7. The van der Waals surface area contributed by atoms with Crippen molar-refractivity contribution in [1.29, 1.82) is 0 Å². The predicted octanol–water partition coefficient (Wildman–Crippen LogP) is 1.22. The fourth-order valence-electron chi connectivity index (χ4n) is 0.934. The quantitative estimate of drug-likeness (QED) is 0.783. The highest BCUT2D eigenvalue weighted by molar-refractivity contribution is 6.31. The highest BCUT2D eigenvalue weighted by Gasteiger charge is 2.04. The minimum Gasteiger partial charge on any atom is -0.324 e. The van der Waals surface area contributed by atoms with Gasteiger partial charge in [-0.25, -0.2) is 0 Å². The van der Waals surface area contributed by atoms with Crippen LogP contribution in [0, 0.1) is 0 Å². The van der Waals surface area contributed by atoms with Crippen LogP contribution in [0.4, 0.5) is 5.69 Å². The molecule has 0 aliphatic carbocycles. The van der Waals surface area contributed by atoms with Crippen molar-refractivity contribution >= 4 is 34.8 Å². The Morgan fingerprint density at radius 1 is 1.64 bits per heavy atom. The van der Waals surface area contributed by atoms with Crippen molar-refractivity contribution in [2.45, 2.75) is 0 Å². The molecule has 14 heavy (non-hydrogen) atoms. The Balaban J connectivity index is 3.01. The summed E-state index contributed by atoms with van der Waals surface area (Å²) in [7, 11) is 1.55. The Morgan fingerprint density at radius 2 is 2.29 bits per heavy atom. The second-order valence-corrected chi connectivity index (χ2v) is 3.35. The molecule has 0 aliphatic heterocycles. The van der Waals surface area contributed by atoms with Crippen molar-refractivity contribution in [3.05, 3.63) is 27.6 Å². The molecule has 0 saturated heterocycles. The van der Waals surface area contributed by atoms with Crippen LogP contribution >= 0.6 is 23.2 Å². The molecule has 6 heteroatoms. The van der Waals surface area contributed by atoms with Gasteiger partial charge in [-0.1, -0.05) is 11.6 Å². The number of nitrogens with zero attached hydrogens (tertiary/aromatic N) is 1. The zero-order valence-electron chi connectivity index (χ0n) is 7.38. The molecule has 0 atom stereocenters. The molecule has 1 N–H and O–H groups in total.